The summed E-state index contributed by atoms with van der Waals surface area (Å²) in [4.78, 5) is 8.49. The normalized spacial score (nSPS) is 11.0. The van der Waals surface area contributed by atoms with Crippen LogP contribution in [0, 0.1) is 5.92 Å². The van der Waals surface area contributed by atoms with E-state index in [1.54, 1.807) is 12.3 Å². The highest BCUT2D eigenvalue weighted by Crippen LogP contribution is 2.12. The Hall–Kier alpha value is -1.12. The fraction of sp³-hybridized carbons (Fsp3) is 0.636. The van der Waals surface area contributed by atoms with Gasteiger partial charge in [-0.05, 0) is 5.92 Å². The first kappa shape index (κ1) is 11.0. The quantitative estimate of drug-likeness (QED) is 0.739. The van der Waals surface area contributed by atoms with Gasteiger partial charge in [-0.25, -0.2) is 4.98 Å². The van der Waals surface area contributed by atoms with Crippen LogP contribution in [0.2, 0.25) is 0 Å². The van der Waals surface area contributed by atoms with Crippen LogP contribution in [-0.2, 0) is 0 Å². The van der Waals surface area contributed by atoms with Crippen molar-refractivity contribution in [2.45, 2.75) is 33.6 Å². The molecule has 0 aliphatic heterocycles. The molecular formula is C11H18N2O. The zero-order valence-corrected chi connectivity index (χ0v) is 9.32. The van der Waals surface area contributed by atoms with E-state index in [1.165, 1.54) is 0 Å². The largest absolute Gasteiger partial charge is 0.477 e. The van der Waals surface area contributed by atoms with Gasteiger partial charge in [-0.2, -0.15) is 4.98 Å². The Morgan fingerprint density at radius 1 is 1.29 bits per heavy atom. The van der Waals surface area contributed by atoms with Crippen molar-refractivity contribution in [3.8, 4) is 5.88 Å². The maximum absolute atomic E-state index is 5.51. The van der Waals surface area contributed by atoms with E-state index < -0.39 is 0 Å². The van der Waals surface area contributed by atoms with Crippen LogP contribution in [0.3, 0.4) is 0 Å². The van der Waals surface area contributed by atoms with Crippen molar-refractivity contribution in [1.29, 1.82) is 0 Å². The Balaban J connectivity index is 2.64. The first-order valence-corrected chi connectivity index (χ1v) is 5.05. The number of rotatable bonds is 4. The van der Waals surface area contributed by atoms with Crippen LogP contribution in [0.5, 0.6) is 5.88 Å². The van der Waals surface area contributed by atoms with Crippen LogP contribution < -0.4 is 4.74 Å². The van der Waals surface area contributed by atoms with Crippen LogP contribution in [-0.4, -0.2) is 16.6 Å². The van der Waals surface area contributed by atoms with Crippen molar-refractivity contribution < 1.29 is 4.74 Å². The number of hydrogen-bond donors (Lipinski definition) is 0. The Bertz CT molecular complexity index is 284. The van der Waals surface area contributed by atoms with E-state index in [1.807, 2.05) is 0 Å². The van der Waals surface area contributed by atoms with Crippen molar-refractivity contribution >= 4 is 0 Å². The van der Waals surface area contributed by atoms with E-state index in [2.05, 4.69) is 37.7 Å². The lowest BCUT2D eigenvalue weighted by atomic mass is 10.2. The highest BCUT2D eigenvalue weighted by Gasteiger charge is 2.04. The van der Waals surface area contributed by atoms with Gasteiger partial charge in [-0.3, -0.25) is 0 Å². The van der Waals surface area contributed by atoms with Crippen molar-refractivity contribution in [1.82, 2.24) is 9.97 Å². The molecule has 14 heavy (non-hydrogen) atoms. The third-order valence-corrected chi connectivity index (χ3v) is 1.73. The van der Waals surface area contributed by atoms with Gasteiger partial charge >= 0.3 is 0 Å². The Morgan fingerprint density at radius 2 is 2.00 bits per heavy atom. The summed E-state index contributed by atoms with van der Waals surface area (Å²) in [5.41, 5.74) is 0. The van der Waals surface area contributed by atoms with Crippen molar-refractivity contribution in [3.63, 3.8) is 0 Å². The summed E-state index contributed by atoms with van der Waals surface area (Å²) >= 11 is 0. The van der Waals surface area contributed by atoms with E-state index in [0.29, 0.717) is 24.3 Å². The van der Waals surface area contributed by atoms with Crippen molar-refractivity contribution in [2.75, 3.05) is 6.61 Å². The third kappa shape index (κ3) is 3.32. The second kappa shape index (κ2) is 4.94. The molecule has 0 aromatic carbocycles. The zero-order valence-electron chi connectivity index (χ0n) is 9.32. The van der Waals surface area contributed by atoms with Gasteiger partial charge in [-0.15, -0.1) is 0 Å². The van der Waals surface area contributed by atoms with Gasteiger partial charge in [0.05, 0.1) is 6.61 Å². The molecule has 1 rings (SSSR count). The summed E-state index contributed by atoms with van der Waals surface area (Å²) in [7, 11) is 0. The molecule has 78 valence electrons. The predicted molar refractivity (Wildman–Crippen MR) is 56.5 cm³/mol. The molecule has 3 heteroatoms. The SMILES string of the molecule is CC(C)COc1ccnc(C(C)C)n1. The average molecular weight is 194 g/mol. The monoisotopic (exact) mass is 194 g/mol. The molecule has 0 radical (unpaired) electrons. The van der Waals surface area contributed by atoms with E-state index >= 15 is 0 Å². The molecule has 0 atom stereocenters. The summed E-state index contributed by atoms with van der Waals surface area (Å²) in [6, 6.07) is 1.80. The summed E-state index contributed by atoms with van der Waals surface area (Å²) in [5.74, 6) is 2.38. The Morgan fingerprint density at radius 3 is 2.57 bits per heavy atom. The van der Waals surface area contributed by atoms with Crippen LogP contribution in [0.25, 0.3) is 0 Å². The fourth-order valence-corrected chi connectivity index (χ4v) is 0.967. The van der Waals surface area contributed by atoms with Crippen LogP contribution in [0.4, 0.5) is 0 Å². The molecule has 1 aromatic rings. The fourth-order valence-electron chi connectivity index (χ4n) is 0.967. The van der Waals surface area contributed by atoms with E-state index in [0.717, 1.165) is 5.82 Å². The molecule has 0 saturated carbocycles. The molecule has 1 heterocycles. The number of ether oxygens (including phenoxy) is 1. The second-order valence-electron chi connectivity index (χ2n) is 4.11. The zero-order chi connectivity index (χ0) is 10.6. The summed E-state index contributed by atoms with van der Waals surface area (Å²) in [6.07, 6.45) is 1.75. The minimum Gasteiger partial charge on any atom is -0.477 e. The third-order valence-electron chi connectivity index (χ3n) is 1.73. The highest BCUT2D eigenvalue weighted by molar-refractivity contribution is 5.10. The molecule has 0 spiro atoms. The highest BCUT2D eigenvalue weighted by atomic mass is 16.5. The molecular weight excluding hydrogens is 176 g/mol. The first-order chi connectivity index (χ1) is 6.59. The number of nitrogens with zero attached hydrogens (tertiary/aromatic N) is 2. The van der Waals surface area contributed by atoms with Gasteiger partial charge in [0.1, 0.15) is 5.82 Å². The van der Waals surface area contributed by atoms with Gasteiger partial charge in [0.25, 0.3) is 0 Å². The van der Waals surface area contributed by atoms with E-state index in [4.69, 9.17) is 4.74 Å². The lowest BCUT2D eigenvalue weighted by Crippen LogP contribution is -2.07. The summed E-state index contributed by atoms with van der Waals surface area (Å²) in [5, 5.41) is 0. The lowest BCUT2D eigenvalue weighted by Gasteiger charge is -2.09. The minimum absolute atomic E-state index is 0.345. The molecule has 3 nitrogen and oxygen atoms in total. The molecule has 0 unspecified atom stereocenters. The lowest BCUT2D eigenvalue weighted by molar-refractivity contribution is 0.260. The smallest absolute Gasteiger partial charge is 0.216 e. The van der Waals surface area contributed by atoms with Crippen LogP contribution >= 0.6 is 0 Å². The molecule has 0 fully saturated rings. The van der Waals surface area contributed by atoms with Gasteiger partial charge in [0.15, 0.2) is 0 Å². The standard InChI is InChI=1S/C11H18N2O/c1-8(2)7-14-10-5-6-12-11(13-10)9(3)4/h5-6,8-9H,7H2,1-4H3. The maximum atomic E-state index is 5.51. The summed E-state index contributed by atoms with van der Waals surface area (Å²) < 4.78 is 5.51. The van der Waals surface area contributed by atoms with E-state index in [9.17, 15) is 0 Å². The number of hydrogen-bond acceptors (Lipinski definition) is 3. The van der Waals surface area contributed by atoms with Gasteiger partial charge in [0, 0.05) is 18.2 Å². The van der Waals surface area contributed by atoms with Gasteiger partial charge in [-0.1, -0.05) is 27.7 Å². The van der Waals surface area contributed by atoms with Gasteiger partial charge < -0.3 is 4.74 Å². The molecule has 0 aliphatic carbocycles. The average Bonchev–Trinajstić information content (AvgIpc) is 2.15. The Labute approximate surface area is 85.5 Å². The molecule has 0 bridgehead atoms. The van der Waals surface area contributed by atoms with Crippen molar-refractivity contribution in [3.05, 3.63) is 18.1 Å². The maximum Gasteiger partial charge on any atom is 0.216 e. The predicted octanol–water partition coefficient (Wildman–Crippen LogP) is 2.63. The Kier molecular flexibility index (Phi) is 3.86. The van der Waals surface area contributed by atoms with E-state index in [-0.39, 0.29) is 0 Å². The molecule has 0 N–H and O–H groups in total. The summed E-state index contributed by atoms with van der Waals surface area (Å²) in [6.45, 7) is 9.08. The molecule has 0 saturated heterocycles. The number of aromatic nitrogens is 2. The first-order valence-electron chi connectivity index (χ1n) is 5.05. The van der Waals surface area contributed by atoms with Crippen LogP contribution in [0.15, 0.2) is 12.3 Å². The molecule has 0 amide bonds. The van der Waals surface area contributed by atoms with Gasteiger partial charge in [0.2, 0.25) is 5.88 Å². The minimum atomic E-state index is 0.345. The molecule has 0 aliphatic rings. The topological polar surface area (TPSA) is 35.0 Å². The molecule has 1 aromatic heterocycles. The van der Waals surface area contributed by atoms with Crippen molar-refractivity contribution in [2.24, 2.45) is 5.92 Å². The van der Waals surface area contributed by atoms with Crippen LogP contribution in [0.1, 0.15) is 39.4 Å². The second-order valence-corrected chi connectivity index (χ2v) is 4.11.